The van der Waals surface area contributed by atoms with Gasteiger partial charge in [0.05, 0.1) is 17.0 Å². The Morgan fingerprint density at radius 1 is 1.17 bits per heavy atom. The van der Waals surface area contributed by atoms with Crippen molar-refractivity contribution in [3.63, 3.8) is 0 Å². The molecule has 3 fully saturated rings. The number of nitrogens with zero attached hydrogens (tertiary/aromatic N) is 1. The zero-order valence-electron chi connectivity index (χ0n) is 25.2. The summed E-state index contributed by atoms with van der Waals surface area (Å²) in [4.78, 5) is 67.3. The molecule has 42 heavy (non-hydrogen) atoms. The number of likely N-dealkylation sites (tertiary alicyclic amines) is 1. The molecule has 11 heteroatoms. The molecule has 3 aliphatic rings. The van der Waals surface area contributed by atoms with Crippen LogP contribution in [-0.4, -0.2) is 71.4 Å². The first kappa shape index (κ1) is 31.9. The highest BCUT2D eigenvalue weighted by molar-refractivity contribution is 6.34. The maximum Gasteiger partial charge on any atom is 0.310 e. The first-order valence-electron chi connectivity index (χ1n) is 14.8. The monoisotopic (exact) mass is 603 g/mol. The molecule has 2 aliphatic heterocycles. The van der Waals surface area contributed by atoms with Crippen molar-refractivity contribution in [3.05, 3.63) is 34.3 Å². The van der Waals surface area contributed by atoms with Gasteiger partial charge in [-0.15, -0.1) is 0 Å². The molecule has 1 unspecified atom stereocenters. The Hall–Kier alpha value is -2.98. The van der Waals surface area contributed by atoms with Crippen LogP contribution in [0.5, 0.6) is 0 Å². The third-order valence-corrected chi connectivity index (χ3v) is 8.90. The van der Waals surface area contributed by atoms with Gasteiger partial charge >= 0.3 is 5.97 Å². The third kappa shape index (κ3) is 6.64. The van der Waals surface area contributed by atoms with Crippen LogP contribution < -0.4 is 10.6 Å². The largest absolute Gasteiger partial charge is 0.433 e. The van der Waals surface area contributed by atoms with E-state index < -0.39 is 41.7 Å². The molecule has 1 saturated carbocycles. The Labute approximate surface area is 252 Å². The number of carbonyl (C=O) groups is 5. The number of fused-ring (bicyclic) bond motifs is 2. The fraction of sp³-hybridized carbons (Fsp3) is 0.645. The fourth-order valence-corrected chi connectivity index (χ4v) is 6.45. The number of amides is 3. The molecule has 10 nitrogen and oxygen atoms in total. The van der Waals surface area contributed by atoms with Crippen LogP contribution in [0.4, 0.5) is 0 Å². The van der Waals surface area contributed by atoms with E-state index in [2.05, 4.69) is 10.6 Å². The molecule has 0 aromatic heterocycles. The molecular formula is C31H42ClN3O7. The maximum atomic E-state index is 14.2. The minimum Gasteiger partial charge on any atom is -0.433 e. The van der Waals surface area contributed by atoms with Crippen LogP contribution in [0, 0.1) is 17.3 Å². The van der Waals surface area contributed by atoms with Gasteiger partial charge in [0.15, 0.2) is 0 Å². The minimum absolute atomic E-state index is 0.00553. The Bertz CT molecular complexity index is 1240. The quantitative estimate of drug-likeness (QED) is 0.392. The Morgan fingerprint density at radius 2 is 1.88 bits per heavy atom. The molecule has 6 atom stereocenters. The van der Waals surface area contributed by atoms with Gasteiger partial charge in [0.25, 0.3) is 5.91 Å². The Kier molecular flexibility index (Phi) is 9.67. The number of halogens is 1. The lowest BCUT2D eigenvalue weighted by molar-refractivity contribution is -0.165. The normalized spacial score (nSPS) is 25.9. The number of hydrogen-bond acceptors (Lipinski definition) is 7. The molecule has 1 aliphatic carbocycles. The van der Waals surface area contributed by atoms with Gasteiger partial charge in [0.2, 0.25) is 18.1 Å². The molecule has 1 aromatic rings. The standard InChI is InChI=1S/C31H42ClN3O7/c1-7-41-30-21(15-23(37)42-30)33-28(39)25-18-11-12-19(13-18)35(25)29(40)26(31(4,5)6)34-27(38)20-10-8-9-17(24(20)32)14-22(36)16(2)3/h8-10,16,18-19,21,25-26,30H,7,11-15H2,1-6H3,(H,33,39)(H,34,38)/t18-,19?,21-,25-,26+,30+/m0/s1. The zero-order valence-corrected chi connectivity index (χ0v) is 26.0. The van der Waals surface area contributed by atoms with Crippen molar-refractivity contribution in [2.24, 2.45) is 17.3 Å². The number of hydrogen-bond donors (Lipinski definition) is 2. The van der Waals surface area contributed by atoms with Gasteiger partial charge in [-0.25, -0.2) is 0 Å². The van der Waals surface area contributed by atoms with Gasteiger partial charge in [-0.05, 0) is 49.1 Å². The van der Waals surface area contributed by atoms with Crippen molar-refractivity contribution in [2.75, 3.05) is 6.61 Å². The first-order chi connectivity index (χ1) is 19.7. The van der Waals surface area contributed by atoms with Gasteiger partial charge in [0.1, 0.15) is 23.9 Å². The predicted octanol–water partition coefficient (Wildman–Crippen LogP) is 3.43. The highest BCUT2D eigenvalue weighted by Crippen LogP contribution is 2.44. The summed E-state index contributed by atoms with van der Waals surface area (Å²) in [5.74, 6) is -1.87. The van der Waals surface area contributed by atoms with E-state index in [-0.39, 0.29) is 58.9 Å². The zero-order chi connectivity index (χ0) is 30.9. The van der Waals surface area contributed by atoms with Gasteiger partial charge in [-0.2, -0.15) is 0 Å². The molecule has 0 spiro atoms. The topological polar surface area (TPSA) is 131 Å². The Morgan fingerprint density at radius 3 is 2.52 bits per heavy atom. The van der Waals surface area contributed by atoms with Crippen molar-refractivity contribution in [1.29, 1.82) is 0 Å². The summed E-state index contributed by atoms with van der Waals surface area (Å²) in [5, 5.41) is 5.98. The van der Waals surface area contributed by atoms with Crippen LogP contribution in [0.15, 0.2) is 18.2 Å². The molecule has 2 N–H and O–H groups in total. The van der Waals surface area contributed by atoms with Gasteiger partial charge in [0, 0.05) is 25.0 Å². The van der Waals surface area contributed by atoms with E-state index in [1.165, 1.54) is 0 Å². The summed E-state index contributed by atoms with van der Waals surface area (Å²) in [7, 11) is 0. The number of cyclic esters (lactones) is 1. The van der Waals surface area contributed by atoms with E-state index in [1.54, 1.807) is 30.0 Å². The summed E-state index contributed by atoms with van der Waals surface area (Å²) >= 11 is 6.59. The molecule has 3 amide bonds. The lowest BCUT2D eigenvalue weighted by Gasteiger charge is -2.40. The van der Waals surface area contributed by atoms with E-state index in [4.69, 9.17) is 21.1 Å². The smallest absolute Gasteiger partial charge is 0.310 e. The summed E-state index contributed by atoms with van der Waals surface area (Å²) < 4.78 is 10.7. The van der Waals surface area contributed by atoms with Crippen LogP contribution >= 0.6 is 11.6 Å². The van der Waals surface area contributed by atoms with E-state index in [0.29, 0.717) is 18.6 Å². The summed E-state index contributed by atoms with van der Waals surface area (Å²) in [6.07, 6.45) is 1.51. The average Bonchev–Trinajstić information content (AvgIpc) is 3.62. The summed E-state index contributed by atoms with van der Waals surface area (Å²) in [5.41, 5.74) is 0.0341. The molecular weight excluding hydrogens is 562 g/mol. The SMILES string of the molecule is CCO[C@@H]1OC(=O)C[C@@H]1NC(=O)[C@@H]1[C@H]2CCC(C2)N1C(=O)[C@@H](NC(=O)c1cccc(CC(=O)C(C)C)c1Cl)C(C)(C)C. The van der Waals surface area contributed by atoms with E-state index in [9.17, 15) is 24.0 Å². The van der Waals surface area contributed by atoms with E-state index in [0.717, 1.165) is 12.8 Å². The molecule has 4 rings (SSSR count). The van der Waals surface area contributed by atoms with Crippen LogP contribution in [-0.2, 0) is 35.1 Å². The summed E-state index contributed by atoms with van der Waals surface area (Å²) in [6, 6.07) is 2.50. The van der Waals surface area contributed by atoms with Crippen molar-refractivity contribution >= 4 is 41.1 Å². The van der Waals surface area contributed by atoms with Crippen LogP contribution in [0.2, 0.25) is 5.02 Å². The molecule has 2 bridgehead atoms. The number of piperidine rings is 1. The second-order valence-electron chi connectivity index (χ2n) is 12.9. The lowest BCUT2D eigenvalue weighted by atomic mass is 9.84. The highest BCUT2D eigenvalue weighted by atomic mass is 35.5. The van der Waals surface area contributed by atoms with Crippen LogP contribution in [0.1, 0.15) is 83.1 Å². The number of benzene rings is 1. The number of Topliss-reactive ketones (excluding diaryl/α,β-unsaturated/α-hetero) is 1. The van der Waals surface area contributed by atoms with Gasteiger partial charge in [-0.3, -0.25) is 24.0 Å². The van der Waals surface area contributed by atoms with Crippen molar-refractivity contribution in [2.45, 2.75) is 104 Å². The van der Waals surface area contributed by atoms with E-state index in [1.807, 2.05) is 34.6 Å². The maximum absolute atomic E-state index is 14.2. The highest BCUT2D eigenvalue weighted by Gasteiger charge is 2.54. The number of esters is 1. The molecule has 1 aromatic carbocycles. The molecule has 2 heterocycles. The van der Waals surface area contributed by atoms with Crippen LogP contribution in [0.25, 0.3) is 0 Å². The van der Waals surface area contributed by atoms with Crippen molar-refractivity contribution in [3.8, 4) is 0 Å². The predicted molar refractivity (Wildman–Crippen MR) is 156 cm³/mol. The second-order valence-corrected chi connectivity index (χ2v) is 13.3. The number of carbonyl (C=O) groups excluding carboxylic acids is 5. The minimum atomic E-state index is -0.954. The molecule has 0 radical (unpaired) electrons. The molecule has 230 valence electrons. The van der Waals surface area contributed by atoms with Crippen LogP contribution in [0.3, 0.4) is 0 Å². The fourth-order valence-electron chi connectivity index (χ4n) is 6.17. The van der Waals surface area contributed by atoms with Crippen molar-refractivity contribution < 1.29 is 33.4 Å². The van der Waals surface area contributed by atoms with Crippen molar-refractivity contribution in [1.82, 2.24) is 15.5 Å². The third-order valence-electron chi connectivity index (χ3n) is 8.45. The molecule has 2 saturated heterocycles. The summed E-state index contributed by atoms with van der Waals surface area (Å²) in [6.45, 7) is 11.3. The number of ketones is 1. The first-order valence-corrected chi connectivity index (χ1v) is 15.1. The van der Waals surface area contributed by atoms with Gasteiger partial charge < -0.3 is 25.0 Å². The number of ether oxygens (including phenoxy) is 2. The number of nitrogens with one attached hydrogen (secondary N) is 2. The van der Waals surface area contributed by atoms with E-state index >= 15 is 0 Å². The second kappa shape index (κ2) is 12.7. The number of rotatable bonds is 10. The van der Waals surface area contributed by atoms with Gasteiger partial charge in [-0.1, -0.05) is 58.4 Å². The lowest BCUT2D eigenvalue weighted by Crippen LogP contribution is -2.62. The Balaban J connectivity index is 1.55. The average molecular weight is 604 g/mol.